The van der Waals surface area contributed by atoms with Crippen molar-refractivity contribution in [2.75, 3.05) is 44.2 Å². The average Bonchev–Trinajstić information content (AvgIpc) is 3.44. The van der Waals surface area contributed by atoms with Gasteiger partial charge in [0.2, 0.25) is 0 Å². The molecule has 9 unspecified atom stereocenters. The van der Waals surface area contributed by atoms with Crippen molar-refractivity contribution in [3.05, 3.63) is 53.4 Å². The minimum atomic E-state index is -2.86. The number of allylic oxidation sites excluding steroid dienone is 3. The van der Waals surface area contributed by atoms with E-state index in [0.717, 1.165) is 38.0 Å². The van der Waals surface area contributed by atoms with Crippen LogP contribution in [0.5, 0.6) is 0 Å². The molecule has 0 aromatic heterocycles. The molecular formula is C43H63FN2O4S. The molecule has 0 spiro atoms. The predicted octanol–water partition coefficient (Wildman–Crippen LogP) is 8.49. The molecule has 9 atom stereocenters. The highest BCUT2D eigenvalue weighted by Gasteiger charge is 2.70. The second-order valence-electron chi connectivity index (χ2n) is 19.3. The van der Waals surface area contributed by atoms with E-state index in [1.165, 1.54) is 68.2 Å². The van der Waals surface area contributed by atoms with Gasteiger partial charge in [-0.05, 0) is 145 Å². The van der Waals surface area contributed by atoms with Crippen LogP contribution in [0.15, 0.2) is 36.4 Å². The molecule has 8 heteroatoms. The highest BCUT2D eigenvalue weighted by atomic mass is 32.2. The van der Waals surface area contributed by atoms with Crippen molar-refractivity contribution < 1.29 is 22.7 Å². The molecule has 51 heavy (non-hydrogen) atoms. The molecule has 2 N–H and O–H groups in total. The third-order valence-electron chi connectivity index (χ3n) is 16.8. The van der Waals surface area contributed by atoms with Crippen LogP contribution in [0.2, 0.25) is 0 Å². The van der Waals surface area contributed by atoms with Crippen LogP contribution < -0.4 is 5.32 Å². The number of carboxylic acid groups (broad SMARTS) is 1. The standard InChI is InChI=1S/C43H63FN2O4S/c1-28(2)30-12-17-43(27-45-20-21-46-22-24-51(49,50)25-23-46)19-18-41(6)33(37(30)43)10-11-36-40(5)15-13-32(29-8-9-31(38(47)48)34(44)26-29)39(3,4)35(40)14-16-42(36,41)7/h8-9,13,26,30,33,35-37,45H,1,10-12,14-25,27H2,2-7H3,(H,47,48). The van der Waals surface area contributed by atoms with E-state index in [0.29, 0.717) is 48.1 Å². The monoisotopic (exact) mass is 722 g/mol. The molecule has 0 bridgehead atoms. The Balaban J connectivity index is 1.13. The Morgan fingerprint density at radius 1 is 0.980 bits per heavy atom. The normalized spacial score (nSPS) is 41.4. The highest BCUT2D eigenvalue weighted by Crippen LogP contribution is 2.77. The molecule has 6 nitrogen and oxygen atoms in total. The topological polar surface area (TPSA) is 86.7 Å². The number of hydrogen-bond donors (Lipinski definition) is 2. The van der Waals surface area contributed by atoms with Crippen LogP contribution in [0, 0.1) is 62.5 Å². The molecule has 1 aromatic carbocycles. The molecule has 1 aliphatic heterocycles. The lowest BCUT2D eigenvalue weighted by Gasteiger charge is -2.72. The van der Waals surface area contributed by atoms with E-state index in [4.69, 9.17) is 0 Å². The van der Waals surface area contributed by atoms with Crippen molar-refractivity contribution in [2.45, 2.75) is 99.3 Å². The van der Waals surface area contributed by atoms with Gasteiger partial charge in [0.05, 0.1) is 17.1 Å². The number of fused-ring (bicyclic) bond motifs is 7. The van der Waals surface area contributed by atoms with E-state index in [2.05, 4.69) is 64.4 Å². The molecule has 282 valence electrons. The Morgan fingerprint density at radius 2 is 1.71 bits per heavy atom. The smallest absolute Gasteiger partial charge is 0.338 e. The van der Waals surface area contributed by atoms with Crippen molar-refractivity contribution in [1.29, 1.82) is 0 Å². The number of carboxylic acids is 1. The van der Waals surface area contributed by atoms with Gasteiger partial charge in [-0.3, -0.25) is 0 Å². The zero-order valence-electron chi connectivity index (χ0n) is 32.1. The van der Waals surface area contributed by atoms with Gasteiger partial charge in [0.15, 0.2) is 9.84 Å². The van der Waals surface area contributed by atoms with E-state index in [1.807, 2.05) is 6.07 Å². The first-order valence-electron chi connectivity index (χ1n) is 19.9. The maximum atomic E-state index is 14.9. The second kappa shape index (κ2) is 12.8. The van der Waals surface area contributed by atoms with Crippen LogP contribution in [0.3, 0.4) is 0 Å². The Morgan fingerprint density at radius 3 is 2.37 bits per heavy atom. The Hall–Kier alpha value is -2.03. The van der Waals surface area contributed by atoms with Crippen molar-refractivity contribution in [2.24, 2.45) is 56.7 Å². The molecular weight excluding hydrogens is 660 g/mol. The van der Waals surface area contributed by atoms with Crippen LogP contribution >= 0.6 is 0 Å². The number of sulfone groups is 1. The summed E-state index contributed by atoms with van der Waals surface area (Å²) < 4.78 is 38.8. The summed E-state index contributed by atoms with van der Waals surface area (Å²) in [6, 6.07) is 4.69. The minimum absolute atomic E-state index is 0.140. The quantitative estimate of drug-likeness (QED) is 0.207. The lowest BCUT2D eigenvalue weighted by Crippen LogP contribution is -2.66. The average molecular weight is 723 g/mol. The van der Waals surface area contributed by atoms with Crippen molar-refractivity contribution in [3.63, 3.8) is 0 Å². The largest absolute Gasteiger partial charge is 0.478 e. The van der Waals surface area contributed by atoms with E-state index in [1.54, 1.807) is 0 Å². The fourth-order valence-corrected chi connectivity index (χ4v) is 15.4. The van der Waals surface area contributed by atoms with E-state index in [-0.39, 0.29) is 38.7 Å². The summed E-state index contributed by atoms with van der Waals surface area (Å²) in [7, 11) is -2.86. The second-order valence-corrected chi connectivity index (χ2v) is 21.6. The van der Waals surface area contributed by atoms with Crippen LogP contribution in [-0.2, 0) is 9.84 Å². The number of aromatic carboxylic acids is 1. The number of halogens is 1. The van der Waals surface area contributed by atoms with Gasteiger partial charge in [-0.2, -0.15) is 0 Å². The summed E-state index contributed by atoms with van der Waals surface area (Å²) in [6.45, 7) is 23.7. The van der Waals surface area contributed by atoms with Crippen LogP contribution in [0.1, 0.15) is 115 Å². The van der Waals surface area contributed by atoms with Gasteiger partial charge in [0.25, 0.3) is 0 Å². The molecule has 7 rings (SSSR count). The zero-order chi connectivity index (χ0) is 36.8. The lowest BCUT2D eigenvalue weighted by atomic mass is 9.32. The summed E-state index contributed by atoms with van der Waals surface area (Å²) in [5.41, 5.74) is 3.84. The van der Waals surface area contributed by atoms with Gasteiger partial charge >= 0.3 is 5.97 Å². The van der Waals surface area contributed by atoms with Gasteiger partial charge < -0.3 is 15.3 Å². The highest BCUT2D eigenvalue weighted by molar-refractivity contribution is 7.91. The number of nitrogens with zero attached hydrogens (tertiary/aromatic N) is 1. The first-order valence-corrected chi connectivity index (χ1v) is 21.7. The number of nitrogens with one attached hydrogen (secondary N) is 1. The van der Waals surface area contributed by atoms with Crippen molar-refractivity contribution >= 4 is 21.4 Å². The van der Waals surface area contributed by atoms with Crippen LogP contribution in [-0.4, -0.2) is 68.6 Å². The Labute approximate surface area is 307 Å². The van der Waals surface area contributed by atoms with E-state index >= 15 is 0 Å². The molecule has 5 fully saturated rings. The Bertz CT molecular complexity index is 1710. The van der Waals surface area contributed by atoms with E-state index in [9.17, 15) is 22.7 Å². The third kappa shape index (κ3) is 5.82. The first kappa shape index (κ1) is 37.3. The molecule has 1 heterocycles. The van der Waals surface area contributed by atoms with Crippen LogP contribution in [0.4, 0.5) is 4.39 Å². The summed E-state index contributed by atoms with van der Waals surface area (Å²) >= 11 is 0. The number of benzene rings is 1. The summed E-state index contributed by atoms with van der Waals surface area (Å²) in [4.78, 5) is 13.8. The fraction of sp³-hybridized carbons (Fsp3) is 0.744. The van der Waals surface area contributed by atoms with Crippen molar-refractivity contribution in [1.82, 2.24) is 10.2 Å². The maximum Gasteiger partial charge on any atom is 0.338 e. The van der Waals surface area contributed by atoms with Gasteiger partial charge in [-0.15, -0.1) is 0 Å². The molecule has 6 aliphatic rings. The minimum Gasteiger partial charge on any atom is -0.478 e. The number of carbonyl (C=O) groups is 1. The number of hydrogen-bond acceptors (Lipinski definition) is 5. The molecule has 4 saturated carbocycles. The van der Waals surface area contributed by atoms with Crippen molar-refractivity contribution in [3.8, 4) is 0 Å². The molecule has 0 amide bonds. The fourth-order valence-electron chi connectivity index (χ4n) is 14.1. The summed E-state index contributed by atoms with van der Waals surface area (Å²) in [6.07, 6.45) is 13.3. The first-order chi connectivity index (χ1) is 23.9. The van der Waals surface area contributed by atoms with E-state index < -0.39 is 21.6 Å². The maximum absolute atomic E-state index is 14.9. The van der Waals surface area contributed by atoms with Gasteiger partial charge in [-0.25, -0.2) is 17.6 Å². The molecule has 0 radical (unpaired) electrons. The van der Waals surface area contributed by atoms with Gasteiger partial charge in [0, 0.05) is 32.7 Å². The SMILES string of the molecule is C=C(C)C1CCC2(CNCCN3CCS(=O)(=O)CC3)CCC3(C)C(CCC4C5(C)CC=C(c6ccc(C(=O)O)c(F)c6)C(C)(C)C5CCC43C)C12. The molecule has 1 saturated heterocycles. The third-order valence-corrected chi connectivity index (χ3v) is 18.5. The van der Waals surface area contributed by atoms with Gasteiger partial charge in [-0.1, -0.05) is 58.9 Å². The van der Waals surface area contributed by atoms with Gasteiger partial charge in [0.1, 0.15) is 5.82 Å². The zero-order valence-corrected chi connectivity index (χ0v) is 32.9. The summed E-state index contributed by atoms with van der Waals surface area (Å²) in [5.74, 6) is 1.65. The lowest BCUT2D eigenvalue weighted by molar-refractivity contribution is -0.225. The molecule has 1 aromatic rings. The summed E-state index contributed by atoms with van der Waals surface area (Å²) in [5, 5.41) is 13.3. The Kier molecular flexibility index (Phi) is 9.35. The van der Waals surface area contributed by atoms with Crippen LogP contribution in [0.25, 0.3) is 5.57 Å². The number of rotatable bonds is 8. The molecule has 5 aliphatic carbocycles. The predicted molar refractivity (Wildman–Crippen MR) is 204 cm³/mol.